The number of hydrogen-bond donors (Lipinski definition) is 0. The minimum absolute atomic E-state index is 0.0239. The van der Waals surface area contributed by atoms with Crippen LogP contribution in [-0.4, -0.2) is 6.85 Å². The van der Waals surface area contributed by atoms with Crippen molar-refractivity contribution in [3.8, 4) is 33.4 Å². The number of anilines is 5. The molecule has 4 aliphatic rings. The van der Waals surface area contributed by atoms with Crippen molar-refractivity contribution in [2.75, 3.05) is 9.71 Å². The van der Waals surface area contributed by atoms with Gasteiger partial charge in [0, 0.05) is 53.8 Å². The lowest BCUT2D eigenvalue weighted by Crippen LogP contribution is -2.62. The first kappa shape index (κ1) is 44.6. The molecule has 2 aliphatic heterocycles. The van der Waals surface area contributed by atoms with E-state index in [4.69, 9.17) is 0 Å². The number of benzene rings is 8. The second-order valence-electron chi connectivity index (χ2n) is 25.2. The Morgan fingerprint density at radius 1 is 0.507 bits per heavy atom. The molecule has 1 aromatic heterocycles. The number of rotatable bonds is 3. The molecule has 0 atom stereocenters. The maximum atomic E-state index is 2.78. The third-order valence-electron chi connectivity index (χ3n) is 17.4. The van der Waals surface area contributed by atoms with Crippen molar-refractivity contribution in [1.29, 1.82) is 0 Å². The zero-order valence-electron chi connectivity index (χ0n) is 43.7. The highest BCUT2D eigenvalue weighted by atomic mass is 32.1. The van der Waals surface area contributed by atoms with E-state index in [-0.39, 0.29) is 33.9 Å². The average Bonchev–Trinajstić information content (AvgIpc) is 3.84. The van der Waals surface area contributed by atoms with E-state index >= 15 is 0 Å². The zero-order chi connectivity index (χ0) is 49.3. The smallest absolute Gasteiger partial charge is 0.333 e. The fourth-order valence-corrected chi connectivity index (χ4v) is 14.5. The normalized spacial score (nSPS) is 16.9. The molecule has 4 heteroatoms. The lowest BCUT2D eigenvalue weighted by atomic mass is 9.42. The quantitative estimate of drug-likeness (QED) is 0.163. The van der Waals surface area contributed by atoms with Gasteiger partial charge in [0.2, 0.25) is 0 Å². The molecule has 2 aliphatic carbocycles. The highest BCUT2D eigenvalue weighted by Gasteiger charge is 2.52. The van der Waals surface area contributed by atoms with Crippen molar-refractivity contribution >= 4 is 77.7 Å². The minimum atomic E-state index is -0.249. The molecule has 0 bridgehead atoms. The summed E-state index contributed by atoms with van der Waals surface area (Å²) in [6.45, 7) is 28.8. The van der Waals surface area contributed by atoms with Crippen LogP contribution in [0.4, 0.5) is 28.4 Å². The van der Waals surface area contributed by atoms with Crippen LogP contribution in [0.5, 0.6) is 0 Å². The molecule has 13 rings (SSSR count). The molecule has 0 saturated carbocycles. The van der Waals surface area contributed by atoms with Crippen LogP contribution in [0.25, 0.3) is 53.6 Å². The van der Waals surface area contributed by atoms with Crippen molar-refractivity contribution in [2.45, 2.75) is 123 Å². The van der Waals surface area contributed by atoms with Gasteiger partial charge < -0.3 is 9.71 Å². The van der Waals surface area contributed by atoms with E-state index < -0.39 is 0 Å². The minimum Gasteiger partial charge on any atom is -0.376 e. The van der Waals surface area contributed by atoms with Crippen LogP contribution in [0, 0.1) is 0 Å². The topological polar surface area (TPSA) is 6.48 Å². The molecule has 0 unspecified atom stereocenters. The highest BCUT2D eigenvalue weighted by Crippen LogP contribution is 2.60. The van der Waals surface area contributed by atoms with Gasteiger partial charge in [-0.15, -0.1) is 11.3 Å². The molecular weight excluding hydrogens is 876 g/mol. The van der Waals surface area contributed by atoms with Crippen molar-refractivity contribution < 1.29 is 0 Å². The third-order valence-corrected chi connectivity index (χ3v) is 18.5. The van der Waals surface area contributed by atoms with Crippen LogP contribution < -0.4 is 20.6 Å². The summed E-state index contributed by atoms with van der Waals surface area (Å²) in [5.41, 5.74) is 25.3. The predicted octanol–water partition coefficient (Wildman–Crippen LogP) is 17.7. The summed E-state index contributed by atoms with van der Waals surface area (Å²) in [5.74, 6) is 0. The number of hydrogen-bond acceptors (Lipinski definition) is 3. The molecule has 0 fully saturated rings. The summed E-state index contributed by atoms with van der Waals surface area (Å²) in [4.78, 5) is 5.52. The second-order valence-corrected chi connectivity index (χ2v) is 26.3. The highest BCUT2D eigenvalue weighted by molar-refractivity contribution is 7.26. The first-order chi connectivity index (χ1) is 33.7. The maximum Gasteiger partial charge on any atom is 0.333 e. The van der Waals surface area contributed by atoms with Gasteiger partial charge in [-0.3, -0.25) is 0 Å². The van der Waals surface area contributed by atoms with E-state index in [0.29, 0.717) is 0 Å². The summed E-state index contributed by atoms with van der Waals surface area (Å²) in [6.07, 6.45) is 2.32. The number of thiophene rings is 1. The van der Waals surface area contributed by atoms with E-state index in [1.54, 1.807) is 0 Å². The van der Waals surface area contributed by atoms with E-state index in [1.807, 2.05) is 11.3 Å². The summed E-state index contributed by atoms with van der Waals surface area (Å²) >= 11 is 1.92. The van der Waals surface area contributed by atoms with Gasteiger partial charge in [0.25, 0.3) is 0 Å². The Labute approximate surface area is 426 Å². The van der Waals surface area contributed by atoms with Crippen LogP contribution in [0.1, 0.15) is 129 Å². The van der Waals surface area contributed by atoms with Crippen LogP contribution in [0.15, 0.2) is 152 Å². The van der Waals surface area contributed by atoms with Gasteiger partial charge in [-0.25, -0.2) is 0 Å². The monoisotopic (exact) mass is 940 g/mol. The molecule has 8 aromatic carbocycles. The Kier molecular flexibility index (Phi) is 9.33. The van der Waals surface area contributed by atoms with Crippen LogP contribution in [0.2, 0.25) is 0 Å². The van der Waals surface area contributed by atoms with E-state index in [9.17, 15) is 0 Å². The Bertz CT molecular complexity index is 3710. The summed E-state index contributed by atoms with van der Waals surface area (Å²) in [7, 11) is 0. The van der Waals surface area contributed by atoms with E-state index in [0.717, 1.165) is 12.8 Å². The van der Waals surface area contributed by atoms with Gasteiger partial charge in [-0.05, 0) is 156 Å². The summed E-state index contributed by atoms with van der Waals surface area (Å²) in [5, 5.41) is 2.64. The molecule has 0 N–H and O–H groups in total. The molecule has 0 radical (unpaired) electrons. The van der Waals surface area contributed by atoms with Gasteiger partial charge in [-0.1, -0.05) is 180 Å². The fraction of sp³-hybridized carbons (Fsp3) is 0.284. The summed E-state index contributed by atoms with van der Waals surface area (Å²) in [6, 6.07) is 59.6. The lowest BCUT2D eigenvalue weighted by molar-refractivity contribution is 0.332. The van der Waals surface area contributed by atoms with Gasteiger partial charge >= 0.3 is 6.85 Å². The van der Waals surface area contributed by atoms with Crippen LogP contribution in [-0.2, 0) is 27.1 Å². The first-order valence-corrected chi connectivity index (χ1v) is 26.9. The molecule has 0 amide bonds. The lowest BCUT2D eigenvalue weighted by Gasteiger charge is -2.49. The Morgan fingerprint density at radius 3 is 1.87 bits per heavy atom. The molecule has 3 heterocycles. The summed E-state index contributed by atoms with van der Waals surface area (Å²) < 4.78 is 2.63. The molecule has 0 saturated heterocycles. The zero-order valence-corrected chi connectivity index (χ0v) is 44.5. The number of fused-ring (bicyclic) bond motifs is 13. The third kappa shape index (κ3) is 6.38. The van der Waals surface area contributed by atoms with E-state index in [2.05, 4.69) is 244 Å². The van der Waals surface area contributed by atoms with Crippen molar-refractivity contribution in [3.63, 3.8) is 0 Å². The van der Waals surface area contributed by atoms with Gasteiger partial charge in [0.15, 0.2) is 0 Å². The van der Waals surface area contributed by atoms with Gasteiger partial charge in [0.1, 0.15) is 0 Å². The van der Waals surface area contributed by atoms with Gasteiger partial charge in [0.05, 0.1) is 11.4 Å². The molecule has 0 spiro atoms. The second kappa shape index (κ2) is 14.9. The first-order valence-electron chi connectivity index (χ1n) is 26.1. The standard InChI is InChI=1S/C67H65BN2S/c1-63(2,3)41-26-29-43(30-27-41)70-54-39-51-50(65(7,8)34-35-66(51,9)10)37-48(54)59-60-47(44-22-16-18-24-49(44)67(60,11)12)38-55-61(59)68(70)52-31-33-57-58(45-23-17-19-25-56(45)71-57)62(52)69(55)53-32-28-42(64(4,5)6)36-46(53)40-20-14-13-15-21-40/h13-33,36-39H,34-35H2,1-12H3. The van der Waals surface area contributed by atoms with Crippen molar-refractivity contribution in [3.05, 3.63) is 185 Å². The predicted molar refractivity (Wildman–Crippen MR) is 309 cm³/mol. The van der Waals surface area contributed by atoms with Crippen LogP contribution in [0.3, 0.4) is 0 Å². The maximum absolute atomic E-state index is 2.78. The van der Waals surface area contributed by atoms with E-state index in [1.165, 1.54) is 126 Å². The SMILES string of the molecule is CC(C)(C)c1ccc(N2B3c4ccc5sc6ccccc6c5c4N(c4ccc(C(C)(C)C)cc4-c4ccccc4)c4cc5c(c(c43)-c3cc4c(cc32)C(C)(C)CCC4(C)C)C(C)(C)c2ccccc2-5)cc1. The Morgan fingerprint density at radius 2 is 1.15 bits per heavy atom. The van der Waals surface area contributed by atoms with Crippen molar-refractivity contribution in [2.24, 2.45) is 0 Å². The molecule has 2 nitrogen and oxygen atoms in total. The average molecular weight is 941 g/mol. The Hall–Kier alpha value is -6.36. The molecule has 9 aromatic rings. The van der Waals surface area contributed by atoms with Crippen LogP contribution >= 0.6 is 11.3 Å². The Balaban J connectivity index is 1.25. The van der Waals surface area contributed by atoms with Gasteiger partial charge in [-0.2, -0.15) is 0 Å². The molecular formula is C67H65BN2S. The van der Waals surface area contributed by atoms with Crippen molar-refractivity contribution in [1.82, 2.24) is 0 Å². The largest absolute Gasteiger partial charge is 0.376 e. The number of nitrogens with zero attached hydrogens (tertiary/aromatic N) is 2. The molecule has 71 heavy (non-hydrogen) atoms. The fourth-order valence-electron chi connectivity index (χ4n) is 13.4. The molecule has 352 valence electrons.